The smallest absolute Gasteiger partial charge is 0.101 e. The lowest BCUT2D eigenvalue weighted by Gasteiger charge is -2.16. The number of nitriles is 2. The predicted molar refractivity (Wildman–Crippen MR) is 195 cm³/mol. The molecule has 0 spiro atoms. The lowest BCUT2D eigenvalue weighted by molar-refractivity contribution is 1.17. The third-order valence-electron chi connectivity index (χ3n) is 9.40. The van der Waals surface area contributed by atoms with E-state index in [1.54, 1.807) is 0 Å². The second-order valence-electron chi connectivity index (χ2n) is 12.0. The van der Waals surface area contributed by atoms with Gasteiger partial charge in [0.1, 0.15) is 6.07 Å². The minimum Gasteiger partial charge on any atom is -0.309 e. The van der Waals surface area contributed by atoms with Crippen molar-refractivity contribution in [2.45, 2.75) is 0 Å². The minimum atomic E-state index is 0.625. The molecule has 4 heteroatoms. The van der Waals surface area contributed by atoms with E-state index in [1.165, 1.54) is 0 Å². The van der Waals surface area contributed by atoms with Gasteiger partial charge >= 0.3 is 0 Å². The first-order chi connectivity index (χ1) is 23.7. The molecule has 48 heavy (non-hydrogen) atoms. The monoisotopic (exact) mass is 610 g/mol. The second kappa shape index (κ2) is 10.9. The van der Waals surface area contributed by atoms with Gasteiger partial charge in [0.2, 0.25) is 0 Å². The zero-order valence-corrected chi connectivity index (χ0v) is 25.8. The molecule has 9 rings (SSSR count). The fourth-order valence-corrected chi connectivity index (χ4v) is 7.26. The van der Waals surface area contributed by atoms with Crippen molar-refractivity contribution in [3.05, 3.63) is 169 Å². The van der Waals surface area contributed by atoms with E-state index in [2.05, 4.69) is 149 Å². The van der Waals surface area contributed by atoms with Crippen molar-refractivity contribution in [1.29, 1.82) is 10.5 Å². The van der Waals surface area contributed by atoms with Crippen molar-refractivity contribution in [3.63, 3.8) is 0 Å². The molecule has 0 saturated carbocycles. The Morgan fingerprint density at radius 2 is 0.979 bits per heavy atom. The number of nitrogens with zero attached hydrogens (tertiary/aromatic N) is 4. The number of hydrogen-bond acceptors (Lipinski definition) is 2. The van der Waals surface area contributed by atoms with Gasteiger partial charge in [-0.1, -0.05) is 103 Å². The molecule has 0 amide bonds. The molecule has 9 aromatic rings. The van der Waals surface area contributed by atoms with Gasteiger partial charge in [-0.05, 0) is 71.3 Å². The molecule has 0 aliphatic rings. The third kappa shape index (κ3) is 4.14. The van der Waals surface area contributed by atoms with Crippen LogP contribution < -0.4 is 0 Å². The van der Waals surface area contributed by atoms with Crippen LogP contribution in [0.15, 0.2) is 158 Å². The van der Waals surface area contributed by atoms with Crippen LogP contribution in [-0.2, 0) is 0 Å². The van der Waals surface area contributed by atoms with Crippen LogP contribution in [-0.4, -0.2) is 9.13 Å². The van der Waals surface area contributed by atoms with Crippen LogP contribution in [0.1, 0.15) is 11.1 Å². The first-order valence-electron chi connectivity index (χ1n) is 15.9. The summed E-state index contributed by atoms with van der Waals surface area (Å²) in [5.41, 5.74) is 11.7. The quantitative estimate of drug-likeness (QED) is 0.199. The van der Waals surface area contributed by atoms with Crippen LogP contribution in [0.5, 0.6) is 0 Å². The molecule has 0 radical (unpaired) electrons. The average Bonchev–Trinajstić information content (AvgIpc) is 3.67. The lowest BCUT2D eigenvalue weighted by atomic mass is 9.96. The van der Waals surface area contributed by atoms with E-state index < -0.39 is 0 Å². The van der Waals surface area contributed by atoms with Crippen LogP contribution in [0.2, 0.25) is 0 Å². The molecule has 0 fully saturated rings. The van der Waals surface area contributed by atoms with Crippen LogP contribution in [0.4, 0.5) is 0 Å². The van der Waals surface area contributed by atoms with Crippen molar-refractivity contribution < 1.29 is 0 Å². The zero-order chi connectivity index (χ0) is 32.2. The molecular formula is C44H26N4. The van der Waals surface area contributed by atoms with Crippen molar-refractivity contribution in [3.8, 4) is 45.8 Å². The van der Waals surface area contributed by atoms with Gasteiger partial charge in [0.05, 0.1) is 45.0 Å². The van der Waals surface area contributed by atoms with Crippen molar-refractivity contribution >= 4 is 43.6 Å². The maximum absolute atomic E-state index is 10.3. The normalized spacial score (nSPS) is 11.3. The SMILES string of the molecule is N#Cc1ccc2c3ccccc3n(-c3ccc(-c4cccc(-c5cccc(C#N)c5-n5c6ccccc6c6ccccc65)c4)cc3)c2c1. The Morgan fingerprint density at radius 3 is 1.62 bits per heavy atom. The molecule has 0 atom stereocenters. The van der Waals surface area contributed by atoms with Crippen LogP contribution in [0.25, 0.3) is 77.2 Å². The van der Waals surface area contributed by atoms with Crippen molar-refractivity contribution in [2.75, 3.05) is 0 Å². The van der Waals surface area contributed by atoms with Gasteiger partial charge in [0.15, 0.2) is 0 Å². The molecule has 0 aliphatic heterocycles. The van der Waals surface area contributed by atoms with E-state index in [0.717, 1.165) is 77.2 Å². The maximum atomic E-state index is 10.3. The van der Waals surface area contributed by atoms with Gasteiger partial charge in [0, 0.05) is 32.8 Å². The van der Waals surface area contributed by atoms with Crippen LogP contribution >= 0.6 is 0 Å². The number of hydrogen-bond donors (Lipinski definition) is 0. The highest BCUT2D eigenvalue weighted by Gasteiger charge is 2.19. The van der Waals surface area contributed by atoms with Gasteiger partial charge in [-0.15, -0.1) is 0 Å². The first kappa shape index (κ1) is 27.4. The van der Waals surface area contributed by atoms with Gasteiger partial charge in [-0.3, -0.25) is 0 Å². The summed E-state index contributed by atoms with van der Waals surface area (Å²) >= 11 is 0. The Hall–Kier alpha value is -6.88. The lowest BCUT2D eigenvalue weighted by Crippen LogP contribution is -2.00. The molecule has 0 bridgehead atoms. The molecule has 7 aromatic carbocycles. The first-order valence-corrected chi connectivity index (χ1v) is 15.9. The van der Waals surface area contributed by atoms with E-state index in [4.69, 9.17) is 0 Å². The molecule has 0 unspecified atom stereocenters. The molecule has 0 saturated heterocycles. The highest BCUT2D eigenvalue weighted by molar-refractivity contribution is 6.11. The van der Waals surface area contributed by atoms with Gasteiger partial charge < -0.3 is 9.13 Å². The third-order valence-corrected chi connectivity index (χ3v) is 9.40. The summed E-state index contributed by atoms with van der Waals surface area (Å²) in [5, 5.41) is 24.6. The Labute approximate surface area is 277 Å². The minimum absolute atomic E-state index is 0.625. The number of rotatable bonds is 4. The van der Waals surface area contributed by atoms with Crippen molar-refractivity contribution in [2.24, 2.45) is 0 Å². The van der Waals surface area contributed by atoms with Crippen LogP contribution in [0, 0.1) is 22.7 Å². The Kier molecular flexibility index (Phi) is 6.22. The number of benzene rings is 7. The summed E-state index contributed by atoms with van der Waals surface area (Å²) in [7, 11) is 0. The van der Waals surface area contributed by atoms with E-state index in [9.17, 15) is 10.5 Å². The topological polar surface area (TPSA) is 57.4 Å². The molecule has 4 nitrogen and oxygen atoms in total. The molecule has 0 aliphatic carbocycles. The molecule has 0 N–H and O–H groups in total. The van der Waals surface area contributed by atoms with E-state index >= 15 is 0 Å². The summed E-state index contributed by atoms with van der Waals surface area (Å²) in [6.07, 6.45) is 0. The van der Waals surface area contributed by atoms with E-state index in [0.29, 0.717) is 11.1 Å². The summed E-state index contributed by atoms with van der Waals surface area (Å²) < 4.78 is 4.47. The summed E-state index contributed by atoms with van der Waals surface area (Å²) in [6, 6.07) is 59.0. The van der Waals surface area contributed by atoms with Crippen LogP contribution in [0.3, 0.4) is 0 Å². The molecule has 2 aromatic heterocycles. The number of aromatic nitrogens is 2. The summed E-state index contributed by atoms with van der Waals surface area (Å²) in [5.74, 6) is 0. The average molecular weight is 611 g/mol. The fraction of sp³-hybridized carbons (Fsp3) is 0. The highest BCUT2D eigenvalue weighted by Crippen LogP contribution is 2.39. The molecular weight excluding hydrogens is 585 g/mol. The number of fused-ring (bicyclic) bond motifs is 6. The van der Waals surface area contributed by atoms with Gasteiger partial charge in [0.25, 0.3) is 0 Å². The summed E-state index contributed by atoms with van der Waals surface area (Å²) in [4.78, 5) is 0. The Balaban J connectivity index is 1.18. The van der Waals surface area contributed by atoms with Gasteiger partial charge in [-0.25, -0.2) is 0 Å². The maximum Gasteiger partial charge on any atom is 0.101 e. The van der Waals surface area contributed by atoms with E-state index in [-0.39, 0.29) is 0 Å². The van der Waals surface area contributed by atoms with E-state index in [1.807, 2.05) is 30.3 Å². The predicted octanol–water partition coefficient (Wildman–Crippen LogP) is 11.0. The fourth-order valence-electron chi connectivity index (χ4n) is 7.26. The Morgan fingerprint density at radius 1 is 0.396 bits per heavy atom. The van der Waals surface area contributed by atoms with Gasteiger partial charge in [-0.2, -0.15) is 10.5 Å². The largest absolute Gasteiger partial charge is 0.309 e. The zero-order valence-electron chi connectivity index (χ0n) is 25.8. The second-order valence-corrected chi connectivity index (χ2v) is 12.0. The Bertz CT molecular complexity index is 2750. The standard InChI is InChI=1S/C44H26N4/c45-27-29-19-24-39-38-14-1-4-16-40(38)47(43(39)25-29)34-22-20-30(21-23-34)31-9-7-10-32(26-31)35-15-8-11-33(28-46)44(35)48-41-17-5-2-12-36(41)37-13-3-6-18-42(37)48/h1-26H. The molecule has 222 valence electrons. The molecule has 2 heterocycles. The van der Waals surface area contributed by atoms with Crippen molar-refractivity contribution in [1.82, 2.24) is 9.13 Å². The highest BCUT2D eigenvalue weighted by atomic mass is 15.0. The summed E-state index contributed by atoms with van der Waals surface area (Å²) in [6.45, 7) is 0. The number of para-hydroxylation sites is 4.